The lowest BCUT2D eigenvalue weighted by Gasteiger charge is -2.18. The quantitative estimate of drug-likeness (QED) is 0.835. The van der Waals surface area contributed by atoms with E-state index in [0.717, 1.165) is 5.57 Å². The third-order valence-corrected chi connectivity index (χ3v) is 2.80. The molecule has 0 bridgehead atoms. The number of anilines is 1. The fraction of sp³-hybridized carbons (Fsp3) is 0.231. The van der Waals surface area contributed by atoms with E-state index in [1.165, 1.54) is 11.0 Å². The molecule has 0 unspecified atom stereocenters. The van der Waals surface area contributed by atoms with E-state index in [-0.39, 0.29) is 17.3 Å². The fourth-order valence-corrected chi connectivity index (χ4v) is 1.85. The topological polar surface area (TPSA) is 69.6 Å². The second kappa shape index (κ2) is 6.38. The van der Waals surface area contributed by atoms with Crippen LogP contribution in [0.3, 0.4) is 0 Å². The molecule has 102 valence electrons. The molecule has 5 nitrogen and oxygen atoms in total. The highest BCUT2D eigenvalue weighted by Gasteiger charge is 2.15. The first-order chi connectivity index (χ1) is 8.81. The molecule has 0 radical (unpaired) electrons. The third kappa shape index (κ3) is 4.40. The van der Waals surface area contributed by atoms with Gasteiger partial charge in [-0.05, 0) is 25.1 Å². The predicted molar refractivity (Wildman–Crippen MR) is 77.6 cm³/mol. The number of halogens is 1. The van der Waals surface area contributed by atoms with E-state index in [1.807, 2.05) is 6.92 Å². The number of aromatic carboxylic acids is 1. The number of carbonyl (C=O) groups is 2. The number of amides is 2. The Morgan fingerprint density at radius 2 is 2.11 bits per heavy atom. The van der Waals surface area contributed by atoms with Gasteiger partial charge in [0, 0.05) is 18.1 Å². The molecule has 0 heterocycles. The highest BCUT2D eigenvalue weighted by molar-refractivity contribution is 9.10. The average Bonchev–Trinajstić information content (AvgIpc) is 2.30. The Morgan fingerprint density at radius 3 is 2.63 bits per heavy atom. The fourth-order valence-electron chi connectivity index (χ4n) is 1.49. The van der Waals surface area contributed by atoms with Crippen molar-refractivity contribution in [2.24, 2.45) is 0 Å². The van der Waals surface area contributed by atoms with Crippen LogP contribution in [0.5, 0.6) is 0 Å². The molecular formula is C13H15BrN2O3. The van der Waals surface area contributed by atoms with E-state index in [4.69, 9.17) is 5.11 Å². The van der Waals surface area contributed by atoms with Crippen LogP contribution in [0, 0.1) is 0 Å². The van der Waals surface area contributed by atoms with Gasteiger partial charge in [-0.2, -0.15) is 0 Å². The Kier molecular flexibility index (Phi) is 5.11. The molecule has 0 saturated carbocycles. The van der Waals surface area contributed by atoms with E-state index in [0.29, 0.717) is 11.0 Å². The van der Waals surface area contributed by atoms with Crippen LogP contribution in [-0.4, -0.2) is 35.6 Å². The van der Waals surface area contributed by atoms with Gasteiger partial charge >= 0.3 is 12.0 Å². The Labute approximate surface area is 120 Å². The zero-order chi connectivity index (χ0) is 14.6. The molecule has 0 saturated heterocycles. The van der Waals surface area contributed by atoms with E-state index in [2.05, 4.69) is 27.8 Å². The first-order valence-electron chi connectivity index (χ1n) is 5.50. The number of carbonyl (C=O) groups excluding carboxylic acids is 1. The number of carboxylic acid groups (broad SMARTS) is 1. The Morgan fingerprint density at radius 1 is 1.47 bits per heavy atom. The lowest BCUT2D eigenvalue weighted by atomic mass is 10.2. The van der Waals surface area contributed by atoms with Gasteiger partial charge in [0.15, 0.2) is 0 Å². The first kappa shape index (κ1) is 15.2. The van der Waals surface area contributed by atoms with Crippen molar-refractivity contribution in [3.8, 4) is 0 Å². The minimum atomic E-state index is -1.10. The lowest BCUT2D eigenvalue weighted by molar-refractivity contribution is 0.0698. The molecule has 1 rings (SSSR count). The van der Waals surface area contributed by atoms with Crippen molar-refractivity contribution in [1.82, 2.24) is 4.90 Å². The van der Waals surface area contributed by atoms with Gasteiger partial charge in [0.05, 0.1) is 11.3 Å². The molecule has 1 aromatic carbocycles. The zero-order valence-corrected chi connectivity index (χ0v) is 12.3. The molecule has 0 aliphatic heterocycles. The average molecular weight is 327 g/mol. The van der Waals surface area contributed by atoms with Gasteiger partial charge in [-0.1, -0.05) is 28.1 Å². The summed E-state index contributed by atoms with van der Waals surface area (Å²) in [6.07, 6.45) is 0. The highest BCUT2D eigenvalue weighted by atomic mass is 79.9. The van der Waals surface area contributed by atoms with Gasteiger partial charge in [-0.3, -0.25) is 0 Å². The van der Waals surface area contributed by atoms with E-state index >= 15 is 0 Å². The molecule has 2 amide bonds. The molecule has 0 aromatic heterocycles. The molecule has 0 aliphatic rings. The van der Waals surface area contributed by atoms with Crippen LogP contribution >= 0.6 is 15.9 Å². The van der Waals surface area contributed by atoms with Gasteiger partial charge in [0.2, 0.25) is 0 Å². The normalized spacial score (nSPS) is 9.84. The van der Waals surface area contributed by atoms with E-state index < -0.39 is 5.97 Å². The standard InChI is InChI=1S/C13H15BrN2O3/c1-8(2)7-16(3)13(19)15-11-5-4-9(14)6-10(11)12(17)18/h4-6H,1,7H2,2-3H3,(H,15,19)(H,17,18). The largest absolute Gasteiger partial charge is 0.478 e. The summed E-state index contributed by atoms with van der Waals surface area (Å²) in [5.41, 5.74) is 1.13. The maximum absolute atomic E-state index is 11.9. The number of urea groups is 1. The summed E-state index contributed by atoms with van der Waals surface area (Å²) in [7, 11) is 1.61. The predicted octanol–water partition coefficient (Wildman–Crippen LogP) is 3.19. The first-order valence-corrected chi connectivity index (χ1v) is 6.30. The smallest absolute Gasteiger partial charge is 0.337 e. The van der Waals surface area contributed by atoms with Crippen LogP contribution in [0.2, 0.25) is 0 Å². The van der Waals surface area contributed by atoms with Crippen LogP contribution < -0.4 is 5.32 Å². The van der Waals surface area contributed by atoms with Gasteiger partial charge < -0.3 is 15.3 Å². The third-order valence-electron chi connectivity index (χ3n) is 2.31. The maximum atomic E-state index is 11.9. The summed E-state index contributed by atoms with van der Waals surface area (Å²) in [6, 6.07) is 4.27. The maximum Gasteiger partial charge on any atom is 0.337 e. The zero-order valence-electron chi connectivity index (χ0n) is 10.7. The number of benzene rings is 1. The van der Waals surface area contributed by atoms with Gasteiger partial charge in [0.25, 0.3) is 0 Å². The molecule has 0 atom stereocenters. The van der Waals surface area contributed by atoms with Gasteiger partial charge in [-0.25, -0.2) is 9.59 Å². The lowest BCUT2D eigenvalue weighted by Crippen LogP contribution is -2.32. The summed E-state index contributed by atoms with van der Waals surface area (Å²) in [4.78, 5) is 24.4. The Hall–Kier alpha value is -1.82. The Bertz CT molecular complexity index is 529. The molecule has 0 fully saturated rings. The summed E-state index contributed by atoms with van der Waals surface area (Å²) >= 11 is 3.19. The second-order valence-corrected chi connectivity index (χ2v) is 5.15. The van der Waals surface area contributed by atoms with Crippen LogP contribution in [0.15, 0.2) is 34.8 Å². The minimum absolute atomic E-state index is 0.0338. The molecular weight excluding hydrogens is 312 g/mol. The number of hydrogen-bond acceptors (Lipinski definition) is 2. The highest BCUT2D eigenvalue weighted by Crippen LogP contribution is 2.21. The van der Waals surface area contributed by atoms with Crippen molar-refractivity contribution < 1.29 is 14.7 Å². The second-order valence-electron chi connectivity index (χ2n) is 4.24. The summed E-state index contributed by atoms with van der Waals surface area (Å²) in [5, 5.41) is 11.7. The number of hydrogen-bond donors (Lipinski definition) is 2. The van der Waals surface area contributed by atoms with E-state index in [9.17, 15) is 9.59 Å². The number of likely N-dealkylation sites (N-methyl/N-ethyl adjacent to an activating group) is 1. The van der Waals surface area contributed by atoms with Crippen molar-refractivity contribution in [2.75, 3.05) is 18.9 Å². The van der Waals surface area contributed by atoms with Gasteiger partial charge in [0.1, 0.15) is 0 Å². The van der Waals surface area contributed by atoms with Crippen LogP contribution in [0.1, 0.15) is 17.3 Å². The number of nitrogens with zero attached hydrogens (tertiary/aromatic N) is 1. The molecule has 0 aliphatic carbocycles. The number of rotatable bonds is 4. The van der Waals surface area contributed by atoms with Crippen LogP contribution in [0.25, 0.3) is 0 Å². The van der Waals surface area contributed by atoms with Crippen molar-refractivity contribution in [2.45, 2.75) is 6.92 Å². The molecule has 1 aromatic rings. The van der Waals surface area contributed by atoms with Crippen molar-refractivity contribution in [1.29, 1.82) is 0 Å². The summed E-state index contributed by atoms with van der Waals surface area (Å²) in [6.45, 7) is 5.94. The van der Waals surface area contributed by atoms with Gasteiger partial charge in [-0.15, -0.1) is 0 Å². The SMILES string of the molecule is C=C(C)CN(C)C(=O)Nc1ccc(Br)cc1C(=O)O. The van der Waals surface area contributed by atoms with E-state index in [1.54, 1.807) is 19.2 Å². The monoisotopic (exact) mass is 326 g/mol. The van der Waals surface area contributed by atoms with Crippen LogP contribution in [-0.2, 0) is 0 Å². The minimum Gasteiger partial charge on any atom is -0.478 e. The van der Waals surface area contributed by atoms with Crippen molar-refractivity contribution >= 4 is 33.6 Å². The molecule has 2 N–H and O–H groups in total. The molecule has 19 heavy (non-hydrogen) atoms. The van der Waals surface area contributed by atoms with Crippen molar-refractivity contribution in [3.05, 3.63) is 40.4 Å². The van der Waals surface area contributed by atoms with Crippen molar-refractivity contribution in [3.63, 3.8) is 0 Å². The Balaban J connectivity index is 2.90. The number of carboxylic acids is 1. The summed E-state index contributed by atoms with van der Waals surface area (Å²) in [5.74, 6) is -1.10. The molecule has 0 spiro atoms. The van der Waals surface area contributed by atoms with Crippen LogP contribution in [0.4, 0.5) is 10.5 Å². The number of nitrogens with one attached hydrogen (secondary N) is 1. The summed E-state index contributed by atoms with van der Waals surface area (Å²) < 4.78 is 0.637. The molecule has 6 heteroatoms.